The molecular weight excluding hydrogens is 283 g/mol. The van der Waals surface area contributed by atoms with E-state index in [-0.39, 0.29) is 20.7 Å². The predicted molar refractivity (Wildman–Crippen MR) is 47.8 cm³/mol. The number of hydrogen-bond acceptors (Lipinski definition) is 1. The molecular formula is C5H4BrIO. The maximum absolute atomic E-state index is 8.79. The lowest BCUT2D eigenvalue weighted by Gasteiger charge is -1.93. The molecule has 0 aromatic heterocycles. The molecule has 0 radical (unpaired) electrons. The number of allylic oxidation sites excluding steroid dienone is 3. The predicted octanol–water partition coefficient (Wildman–Crippen LogP) is 2.45. The van der Waals surface area contributed by atoms with Crippen LogP contribution in [0, 0.1) is 0 Å². The Balaban J connectivity index is 2.86. The van der Waals surface area contributed by atoms with Crippen LogP contribution in [0.3, 0.4) is 0 Å². The zero-order valence-electron chi connectivity index (χ0n) is 3.94. The van der Waals surface area contributed by atoms with Gasteiger partial charge in [-0.1, -0.05) is 20.7 Å². The van der Waals surface area contributed by atoms with Crippen molar-refractivity contribution >= 4 is 40.7 Å². The lowest BCUT2D eigenvalue weighted by Crippen LogP contribution is -1.79. The van der Waals surface area contributed by atoms with Crippen LogP contribution in [0.4, 0.5) is 0 Å². The van der Waals surface area contributed by atoms with Gasteiger partial charge in [0.05, 0.1) is 2.49 Å². The fourth-order valence-electron chi connectivity index (χ4n) is 0.329. The Morgan fingerprint density at radius 1 is 1.50 bits per heavy atom. The van der Waals surface area contributed by atoms with E-state index in [2.05, 4.69) is 15.9 Å². The van der Waals surface area contributed by atoms with Crippen LogP contribution in [0.5, 0.6) is 0 Å². The molecule has 0 amide bonds. The standard InChI is InChI=1S/C5H4BrIO/c6-5-2-1-4(8)3-7-5/h1-3,8H. The second-order valence-corrected chi connectivity index (χ2v) is 6.01. The number of halogens is 2. The van der Waals surface area contributed by atoms with Crippen LogP contribution in [-0.4, -0.2) is 9.12 Å². The topological polar surface area (TPSA) is 20.2 Å². The highest BCUT2D eigenvalue weighted by atomic mass is 127. The molecule has 0 saturated heterocycles. The van der Waals surface area contributed by atoms with Crippen molar-refractivity contribution in [3.63, 3.8) is 0 Å². The van der Waals surface area contributed by atoms with Gasteiger partial charge in [0.15, 0.2) is 0 Å². The summed E-state index contributed by atoms with van der Waals surface area (Å²) >= 11 is 3.28. The number of aliphatic hydroxyl groups is 1. The zero-order valence-corrected chi connectivity index (χ0v) is 7.68. The maximum Gasteiger partial charge on any atom is 0.121 e. The van der Waals surface area contributed by atoms with E-state index in [1.165, 1.54) is 2.49 Å². The number of rotatable bonds is 0. The molecule has 1 heterocycles. The van der Waals surface area contributed by atoms with Gasteiger partial charge in [-0.3, -0.25) is 0 Å². The molecule has 0 fully saturated rings. The van der Waals surface area contributed by atoms with Gasteiger partial charge in [0.1, 0.15) is 5.76 Å². The van der Waals surface area contributed by atoms with Gasteiger partial charge in [-0.25, -0.2) is 0 Å². The van der Waals surface area contributed by atoms with Crippen LogP contribution >= 0.6 is 36.7 Å². The summed E-state index contributed by atoms with van der Waals surface area (Å²) in [5.41, 5.74) is 0. The van der Waals surface area contributed by atoms with Crippen molar-refractivity contribution in [1.82, 2.24) is 0 Å². The van der Waals surface area contributed by atoms with Crippen LogP contribution in [-0.2, 0) is 0 Å². The second kappa shape index (κ2) is 2.77. The average molecular weight is 287 g/mol. The lowest BCUT2D eigenvalue weighted by atomic mass is 10.5. The lowest BCUT2D eigenvalue weighted by molar-refractivity contribution is 0.448. The Bertz CT molecular complexity index is 161. The summed E-state index contributed by atoms with van der Waals surface area (Å²) in [6.07, 6.45) is 3.58. The van der Waals surface area contributed by atoms with E-state index >= 15 is 0 Å². The van der Waals surface area contributed by atoms with Gasteiger partial charge >= 0.3 is 0 Å². The van der Waals surface area contributed by atoms with E-state index in [0.29, 0.717) is 5.76 Å². The van der Waals surface area contributed by atoms with Crippen molar-refractivity contribution in [3.05, 3.63) is 20.4 Å². The van der Waals surface area contributed by atoms with Crippen molar-refractivity contribution in [1.29, 1.82) is 0 Å². The normalized spacial score (nSPS) is 18.6. The Morgan fingerprint density at radius 3 is 2.62 bits per heavy atom. The molecule has 0 aliphatic carbocycles. The largest absolute Gasteiger partial charge is 0.508 e. The minimum Gasteiger partial charge on any atom is -0.508 e. The summed E-state index contributed by atoms with van der Waals surface area (Å²) in [5, 5.41) is 8.79. The third-order valence-corrected chi connectivity index (χ3v) is 3.98. The Morgan fingerprint density at radius 2 is 2.25 bits per heavy atom. The van der Waals surface area contributed by atoms with Crippen molar-refractivity contribution in [2.75, 3.05) is 0 Å². The summed E-state index contributed by atoms with van der Waals surface area (Å²) in [6.45, 7) is 0. The summed E-state index contributed by atoms with van der Waals surface area (Å²) < 4.78 is 3.08. The number of aliphatic hydroxyl groups excluding tert-OH is 1. The smallest absolute Gasteiger partial charge is 0.121 e. The zero-order chi connectivity index (χ0) is 5.98. The van der Waals surface area contributed by atoms with Crippen molar-refractivity contribution < 1.29 is 5.11 Å². The van der Waals surface area contributed by atoms with Gasteiger partial charge in [-0.05, 0) is 28.1 Å². The van der Waals surface area contributed by atoms with E-state index in [1.807, 2.05) is 10.1 Å². The van der Waals surface area contributed by atoms with Gasteiger partial charge in [0.2, 0.25) is 0 Å². The molecule has 1 aliphatic heterocycles. The highest BCUT2D eigenvalue weighted by Crippen LogP contribution is 2.24. The van der Waals surface area contributed by atoms with Crippen LogP contribution in [0.1, 0.15) is 0 Å². The van der Waals surface area contributed by atoms with E-state index in [1.54, 1.807) is 6.08 Å². The minimum atomic E-state index is -0.0538. The molecule has 0 atom stereocenters. The molecule has 0 saturated carbocycles. The molecule has 1 nitrogen and oxygen atoms in total. The molecule has 1 rings (SSSR count). The highest BCUT2D eigenvalue weighted by Gasteiger charge is 1.91. The maximum atomic E-state index is 8.79. The third-order valence-electron chi connectivity index (χ3n) is 0.651. The van der Waals surface area contributed by atoms with Gasteiger partial charge in [-0.15, -0.1) is 0 Å². The van der Waals surface area contributed by atoms with Crippen molar-refractivity contribution in [2.24, 2.45) is 0 Å². The molecule has 0 aromatic carbocycles. The van der Waals surface area contributed by atoms with E-state index < -0.39 is 0 Å². The fraction of sp³-hybridized carbons (Fsp3) is 0. The summed E-state index contributed by atoms with van der Waals surface area (Å²) in [5.74, 6) is 0.404. The summed E-state index contributed by atoms with van der Waals surface area (Å²) in [6, 6.07) is 0. The van der Waals surface area contributed by atoms with E-state index in [4.69, 9.17) is 5.11 Å². The Hall–Kier alpha value is 0.360. The molecule has 0 spiro atoms. The summed E-state index contributed by atoms with van der Waals surface area (Å²) in [7, 11) is 0. The Labute approximate surface area is 66.0 Å². The molecule has 0 aromatic rings. The molecule has 3 heteroatoms. The van der Waals surface area contributed by atoms with Crippen LogP contribution < -0.4 is 0 Å². The van der Waals surface area contributed by atoms with Crippen LogP contribution in [0.15, 0.2) is 20.4 Å². The molecule has 0 bridgehead atoms. The van der Waals surface area contributed by atoms with Crippen molar-refractivity contribution in [2.45, 2.75) is 0 Å². The first-order chi connectivity index (χ1) is 3.79. The monoisotopic (exact) mass is 286 g/mol. The van der Waals surface area contributed by atoms with Gasteiger partial charge in [0.25, 0.3) is 0 Å². The molecule has 44 valence electrons. The van der Waals surface area contributed by atoms with Crippen molar-refractivity contribution in [3.8, 4) is 0 Å². The molecule has 1 N–H and O–H groups in total. The second-order valence-electron chi connectivity index (χ2n) is 1.27. The van der Waals surface area contributed by atoms with Gasteiger partial charge in [0, 0.05) is 4.01 Å². The third kappa shape index (κ3) is 1.70. The van der Waals surface area contributed by atoms with E-state index in [0.717, 1.165) is 0 Å². The molecule has 0 unspecified atom stereocenters. The SMILES string of the molecule is OC1=CC=C(Br)I=C1. The van der Waals surface area contributed by atoms with E-state index in [9.17, 15) is 0 Å². The van der Waals surface area contributed by atoms with Crippen LogP contribution in [0.25, 0.3) is 0 Å². The first-order valence-corrected chi connectivity index (χ1v) is 5.14. The van der Waals surface area contributed by atoms with Gasteiger partial charge in [-0.2, -0.15) is 0 Å². The average Bonchev–Trinajstić information content (AvgIpc) is 1.77. The number of hydrogen-bond donors (Lipinski definition) is 1. The highest BCUT2D eigenvalue weighted by molar-refractivity contribution is 14.2. The first kappa shape index (κ1) is 6.48. The minimum absolute atomic E-state index is 0.0538. The van der Waals surface area contributed by atoms with Crippen LogP contribution in [0.2, 0.25) is 0 Å². The van der Waals surface area contributed by atoms with Gasteiger partial charge < -0.3 is 5.11 Å². The summed E-state index contributed by atoms with van der Waals surface area (Å²) in [4.78, 5) is 0. The Kier molecular flexibility index (Phi) is 2.25. The first-order valence-electron chi connectivity index (χ1n) is 2.02. The quantitative estimate of drug-likeness (QED) is 0.678. The fourth-order valence-corrected chi connectivity index (χ4v) is 2.25. The molecule has 8 heavy (non-hydrogen) atoms. The molecule has 1 aliphatic rings.